The maximum Gasteiger partial charge on any atom is 0.252 e. The Kier molecular flexibility index (Phi) is 7.32. The average molecular weight is 359 g/mol. The number of halogens is 1. The van der Waals surface area contributed by atoms with E-state index < -0.39 is 0 Å². The van der Waals surface area contributed by atoms with Crippen LogP contribution in [-0.4, -0.2) is 12.5 Å². The van der Waals surface area contributed by atoms with Gasteiger partial charge in [-0.1, -0.05) is 45.2 Å². The highest BCUT2D eigenvalue weighted by Crippen LogP contribution is 2.13. The van der Waals surface area contributed by atoms with Crippen molar-refractivity contribution in [2.75, 3.05) is 6.54 Å². The molecule has 0 aromatic heterocycles. The Bertz CT molecular complexity index is 379. The molecule has 0 aliphatic rings. The van der Waals surface area contributed by atoms with Gasteiger partial charge in [-0.05, 0) is 47.1 Å². The number of unbranched alkanes of at least 4 members (excludes halogenated alkanes) is 1. The molecule has 0 heterocycles. The van der Waals surface area contributed by atoms with E-state index in [2.05, 4.69) is 41.8 Å². The number of carbonyl (C=O) groups is 1. The lowest BCUT2D eigenvalue weighted by Crippen LogP contribution is -2.29. The zero-order valence-electron chi connectivity index (χ0n) is 11.2. The van der Waals surface area contributed by atoms with Crippen LogP contribution in [0.15, 0.2) is 24.3 Å². The topological polar surface area (TPSA) is 29.1 Å². The fourth-order valence-electron chi connectivity index (χ4n) is 1.92. The summed E-state index contributed by atoms with van der Waals surface area (Å²) in [5.74, 6) is 0.658. The molecule has 0 aliphatic heterocycles. The van der Waals surface area contributed by atoms with Crippen LogP contribution in [-0.2, 0) is 0 Å². The minimum atomic E-state index is 0.0509. The van der Waals surface area contributed by atoms with Crippen molar-refractivity contribution in [2.24, 2.45) is 5.92 Å². The van der Waals surface area contributed by atoms with E-state index in [0.29, 0.717) is 5.92 Å². The molecule has 0 unspecified atom stereocenters. The summed E-state index contributed by atoms with van der Waals surface area (Å²) < 4.78 is 1.01. The number of nitrogens with one attached hydrogen (secondary N) is 1. The summed E-state index contributed by atoms with van der Waals surface area (Å²) in [7, 11) is 0. The van der Waals surface area contributed by atoms with Gasteiger partial charge < -0.3 is 5.32 Å². The first kappa shape index (κ1) is 15.5. The summed E-state index contributed by atoms with van der Waals surface area (Å²) in [4.78, 5) is 12.0. The van der Waals surface area contributed by atoms with Gasteiger partial charge in [0, 0.05) is 10.1 Å². The standard InChI is InChI=1S/C15H22INO/c1-3-5-8-12(4-2)11-17-15(18)13-9-6-7-10-14(13)16/h6-7,9-10,12H,3-5,8,11H2,1-2H3,(H,17,18)/t12-/m1/s1. The van der Waals surface area contributed by atoms with E-state index in [-0.39, 0.29) is 5.91 Å². The van der Waals surface area contributed by atoms with Gasteiger partial charge in [0.1, 0.15) is 0 Å². The third-order valence-electron chi connectivity index (χ3n) is 3.21. The van der Waals surface area contributed by atoms with Crippen molar-refractivity contribution in [3.63, 3.8) is 0 Å². The van der Waals surface area contributed by atoms with Crippen LogP contribution >= 0.6 is 22.6 Å². The zero-order valence-corrected chi connectivity index (χ0v) is 13.4. The van der Waals surface area contributed by atoms with E-state index in [1.807, 2.05) is 24.3 Å². The fourth-order valence-corrected chi connectivity index (χ4v) is 2.55. The third-order valence-corrected chi connectivity index (χ3v) is 4.15. The normalized spacial score (nSPS) is 12.2. The molecule has 1 N–H and O–H groups in total. The van der Waals surface area contributed by atoms with Gasteiger partial charge in [0.15, 0.2) is 0 Å². The minimum Gasteiger partial charge on any atom is -0.352 e. The number of hydrogen-bond acceptors (Lipinski definition) is 1. The molecular weight excluding hydrogens is 337 g/mol. The Morgan fingerprint density at radius 2 is 2.06 bits per heavy atom. The number of carbonyl (C=O) groups excluding carboxylic acids is 1. The molecule has 1 aromatic carbocycles. The first-order chi connectivity index (χ1) is 8.69. The van der Waals surface area contributed by atoms with Crippen molar-refractivity contribution in [3.8, 4) is 0 Å². The lowest BCUT2D eigenvalue weighted by Gasteiger charge is -2.15. The predicted octanol–water partition coefficient (Wildman–Crippen LogP) is 4.24. The molecule has 0 aliphatic carbocycles. The molecule has 0 spiro atoms. The summed E-state index contributed by atoms with van der Waals surface area (Å²) in [6.45, 7) is 5.19. The first-order valence-electron chi connectivity index (χ1n) is 6.71. The van der Waals surface area contributed by atoms with Crippen LogP contribution in [0, 0.1) is 9.49 Å². The summed E-state index contributed by atoms with van der Waals surface area (Å²) in [5, 5.41) is 3.06. The molecule has 3 heteroatoms. The average Bonchev–Trinajstić information content (AvgIpc) is 2.39. The maximum atomic E-state index is 12.0. The molecule has 1 aromatic rings. The third kappa shape index (κ3) is 4.96. The van der Waals surface area contributed by atoms with Gasteiger partial charge in [-0.25, -0.2) is 0 Å². The minimum absolute atomic E-state index is 0.0509. The molecule has 0 fully saturated rings. The molecule has 0 bridgehead atoms. The second-order valence-electron chi connectivity index (χ2n) is 4.61. The molecular formula is C15H22INO. The van der Waals surface area contributed by atoms with E-state index >= 15 is 0 Å². The van der Waals surface area contributed by atoms with Crippen LogP contribution in [0.5, 0.6) is 0 Å². The van der Waals surface area contributed by atoms with E-state index in [1.165, 1.54) is 19.3 Å². The molecule has 18 heavy (non-hydrogen) atoms. The number of amides is 1. The molecule has 100 valence electrons. The van der Waals surface area contributed by atoms with Gasteiger partial charge in [-0.2, -0.15) is 0 Å². The predicted molar refractivity (Wildman–Crippen MR) is 84.8 cm³/mol. The van der Waals surface area contributed by atoms with Crippen molar-refractivity contribution < 1.29 is 4.79 Å². The van der Waals surface area contributed by atoms with Gasteiger partial charge in [0.05, 0.1) is 5.56 Å². The highest BCUT2D eigenvalue weighted by Gasteiger charge is 2.11. The molecule has 1 atom stereocenters. The highest BCUT2D eigenvalue weighted by molar-refractivity contribution is 14.1. The van der Waals surface area contributed by atoms with Gasteiger partial charge in [-0.3, -0.25) is 4.79 Å². The zero-order chi connectivity index (χ0) is 13.4. The highest BCUT2D eigenvalue weighted by atomic mass is 127. The molecule has 1 amide bonds. The first-order valence-corrected chi connectivity index (χ1v) is 7.79. The second-order valence-corrected chi connectivity index (χ2v) is 5.77. The Labute approximate surface area is 124 Å². The van der Waals surface area contributed by atoms with E-state index in [4.69, 9.17) is 0 Å². The summed E-state index contributed by atoms with van der Waals surface area (Å²) in [5.41, 5.74) is 0.781. The van der Waals surface area contributed by atoms with Crippen LogP contribution < -0.4 is 5.32 Å². The fraction of sp³-hybridized carbons (Fsp3) is 0.533. The molecule has 0 saturated heterocycles. The summed E-state index contributed by atoms with van der Waals surface area (Å²) in [6.07, 6.45) is 4.81. The van der Waals surface area contributed by atoms with Crippen molar-refractivity contribution in [2.45, 2.75) is 39.5 Å². The monoisotopic (exact) mass is 359 g/mol. The molecule has 0 saturated carbocycles. The number of hydrogen-bond donors (Lipinski definition) is 1. The van der Waals surface area contributed by atoms with E-state index in [1.54, 1.807) is 0 Å². The number of benzene rings is 1. The van der Waals surface area contributed by atoms with Crippen molar-refractivity contribution in [3.05, 3.63) is 33.4 Å². The molecule has 0 radical (unpaired) electrons. The summed E-state index contributed by atoms with van der Waals surface area (Å²) >= 11 is 2.20. The van der Waals surface area contributed by atoms with E-state index in [0.717, 1.165) is 22.1 Å². The van der Waals surface area contributed by atoms with Gasteiger partial charge in [0.2, 0.25) is 0 Å². The Hall–Kier alpha value is -0.580. The Morgan fingerprint density at radius 1 is 1.33 bits per heavy atom. The Balaban J connectivity index is 2.47. The van der Waals surface area contributed by atoms with Crippen LogP contribution in [0.2, 0.25) is 0 Å². The second kappa shape index (κ2) is 8.51. The van der Waals surface area contributed by atoms with Crippen molar-refractivity contribution >= 4 is 28.5 Å². The molecule has 1 rings (SSSR count). The van der Waals surface area contributed by atoms with Crippen molar-refractivity contribution in [1.29, 1.82) is 0 Å². The van der Waals surface area contributed by atoms with Crippen LogP contribution in [0.25, 0.3) is 0 Å². The lowest BCUT2D eigenvalue weighted by atomic mass is 9.99. The van der Waals surface area contributed by atoms with Crippen molar-refractivity contribution in [1.82, 2.24) is 5.32 Å². The SMILES string of the molecule is CCCC[C@@H](CC)CNC(=O)c1ccccc1I. The summed E-state index contributed by atoms with van der Waals surface area (Å²) in [6, 6.07) is 7.70. The lowest BCUT2D eigenvalue weighted by molar-refractivity contribution is 0.0945. The Morgan fingerprint density at radius 3 is 2.67 bits per heavy atom. The van der Waals surface area contributed by atoms with Crippen LogP contribution in [0.4, 0.5) is 0 Å². The smallest absolute Gasteiger partial charge is 0.252 e. The largest absolute Gasteiger partial charge is 0.352 e. The van der Waals surface area contributed by atoms with Crippen LogP contribution in [0.1, 0.15) is 49.9 Å². The number of rotatable bonds is 7. The van der Waals surface area contributed by atoms with Crippen LogP contribution in [0.3, 0.4) is 0 Å². The molecule has 2 nitrogen and oxygen atoms in total. The van der Waals surface area contributed by atoms with Gasteiger partial charge in [0.25, 0.3) is 5.91 Å². The van der Waals surface area contributed by atoms with E-state index in [9.17, 15) is 4.79 Å². The van der Waals surface area contributed by atoms with Gasteiger partial charge >= 0.3 is 0 Å². The quantitative estimate of drug-likeness (QED) is 0.725. The van der Waals surface area contributed by atoms with Gasteiger partial charge in [-0.15, -0.1) is 0 Å². The maximum absolute atomic E-state index is 12.0.